The first-order chi connectivity index (χ1) is 17.8. The van der Waals surface area contributed by atoms with Gasteiger partial charge in [-0.25, -0.2) is 13.6 Å². The number of halogens is 2. The number of rotatable bonds is 4. The van der Waals surface area contributed by atoms with E-state index in [1.54, 1.807) is 24.3 Å². The second-order valence-electron chi connectivity index (χ2n) is 10.1. The van der Waals surface area contributed by atoms with Crippen LogP contribution in [0.5, 0.6) is 0 Å². The molecule has 188 valence electrons. The van der Waals surface area contributed by atoms with Crippen LogP contribution in [0.25, 0.3) is 17.2 Å². The number of benzene rings is 1. The number of aromatic carboxylic acids is 1. The fourth-order valence-electron chi connectivity index (χ4n) is 6.07. The first-order valence-corrected chi connectivity index (χ1v) is 12.3. The second-order valence-corrected chi connectivity index (χ2v) is 10.1. The van der Waals surface area contributed by atoms with E-state index >= 15 is 0 Å². The van der Waals surface area contributed by atoms with Gasteiger partial charge in [-0.1, -0.05) is 25.0 Å². The minimum atomic E-state index is -1.15. The largest absolute Gasteiger partial charge is 0.477 e. The van der Waals surface area contributed by atoms with Crippen LogP contribution in [0.2, 0.25) is 0 Å². The highest BCUT2D eigenvalue weighted by atomic mass is 19.1. The van der Waals surface area contributed by atoms with Crippen molar-refractivity contribution in [3.05, 3.63) is 82.5 Å². The number of ketones is 1. The summed E-state index contributed by atoms with van der Waals surface area (Å²) >= 11 is 0. The van der Waals surface area contributed by atoms with Crippen molar-refractivity contribution in [2.75, 3.05) is 5.32 Å². The Hall–Kier alpha value is -4.14. The van der Waals surface area contributed by atoms with Crippen molar-refractivity contribution in [3.8, 4) is 11.1 Å². The van der Waals surface area contributed by atoms with Crippen LogP contribution in [0.15, 0.2) is 53.9 Å². The van der Waals surface area contributed by atoms with E-state index in [-0.39, 0.29) is 16.9 Å². The second kappa shape index (κ2) is 8.76. The number of aromatic amines is 1. The maximum absolute atomic E-state index is 13.6. The quantitative estimate of drug-likeness (QED) is 0.413. The summed E-state index contributed by atoms with van der Waals surface area (Å²) in [6.45, 7) is 0. The summed E-state index contributed by atoms with van der Waals surface area (Å²) in [5.41, 5.74) is 3.21. The van der Waals surface area contributed by atoms with Crippen LogP contribution >= 0.6 is 0 Å². The van der Waals surface area contributed by atoms with E-state index in [4.69, 9.17) is 0 Å². The molecule has 6 rings (SSSR count). The Labute approximate surface area is 211 Å². The highest BCUT2D eigenvalue weighted by Crippen LogP contribution is 2.53. The lowest BCUT2D eigenvalue weighted by Gasteiger charge is -2.39. The van der Waals surface area contributed by atoms with Crippen molar-refractivity contribution in [1.29, 1.82) is 0 Å². The molecule has 0 saturated heterocycles. The number of Topliss-reactive ketones (excluding diaryl/α,β-unsaturated/α-hetero) is 1. The van der Waals surface area contributed by atoms with Gasteiger partial charge in [0.05, 0.1) is 5.69 Å². The number of pyridine rings is 1. The number of fused-ring (bicyclic) bond motifs is 1. The molecule has 9 heteroatoms. The molecule has 37 heavy (non-hydrogen) atoms. The fourth-order valence-corrected chi connectivity index (χ4v) is 6.07. The van der Waals surface area contributed by atoms with Gasteiger partial charge in [-0.05, 0) is 54.5 Å². The average Bonchev–Trinajstić information content (AvgIpc) is 3.48. The number of carboxylic acid groups (broad SMARTS) is 1. The zero-order chi connectivity index (χ0) is 25.7. The number of aromatic nitrogens is 3. The topological polar surface area (TPSA) is 108 Å². The smallest absolute Gasteiger partial charge is 0.354 e. The molecule has 3 aliphatic rings. The van der Waals surface area contributed by atoms with Crippen LogP contribution in [0.1, 0.15) is 66.2 Å². The van der Waals surface area contributed by atoms with Crippen LogP contribution in [-0.2, 0) is 4.79 Å². The summed E-state index contributed by atoms with van der Waals surface area (Å²) < 4.78 is 27.2. The number of anilines is 1. The highest BCUT2D eigenvalue weighted by Gasteiger charge is 2.46. The molecule has 1 saturated carbocycles. The average molecular weight is 503 g/mol. The molecule has 1 unspecified atom stereocenters. The molecule has 3 heterocycles. The predicted octanol–water partition coefficient (Wildman–Crippen LogP) is 5.85. The van der Waals surface area contributed by atoms with E-state index in [1.165, 1.54) is 18.3 Å². The summed E-state index contributed by atoms with van der Waals surface area (Å²) in [5.74, 6) is -2.64. The van der Waals surface area contributed by atoms with E-state index in [2.05, 4.69) is 20.5 Å². The maximum Gasteiger partial charge on any atom is 0.354 e. The minimum absolute atomic E-state index is 0.0323. The standard InChI is InChI=1S/C28H24F2N4O3/c29-17-9-16(10-18(30)11-17)15-3-4-19(31-14-15)5-6-20-23-21(12-28(13-22(23)35)7-1-2-8-28)32-26-24(20)25(27(36)37)33-34-26/h3-6,9-11,14,20H,1-2,7-8,12-13H2,(H,36,37)(H2,32,33,34)/b6-5+. The molecular weight excluding hydrogens is 478 g/mol. The predicted molar refractivity (Wildman–Crippen MR) is 133 cm³/mol. The summed E-state index contributed by atoms with van der Waals surface area (Å²) in [5, 5.41) is 19.8. The molecule has 2 aliphatic carbocycles. The molecular formula is C28H24F2N4O3. The van der Waals surface area contributed by atoms with Crippen LogP contribution in [-0.4, -0.2) is 32.0 Å². The molecule has 1 spiro atoms. The molecule has 3 N–H and O–H groups in total. The van der Waals surface area contributed by atoms with Crippen molar-refractivity contribution in [3.63, 3.8) is 0 Å². The number of carbonyl (C=O) groups excluding carboxylic acids is 1. The van der Waals surface area contributed by atoms with Crippen molar-refractivity contribution in [2.45, 2.75) is 44.4 Å². The SMILES string of the molecule is O=C1CC2(CCCC2)CC2=C1C(/C=C/c1ccc(-c3cc(F)cc(F)c3)cn1)c1c(n[nH]c1C(=O)O)N2. The van der Waals surface area contributed by atoms with E-state index in [0.29, 0.717) is 40.2 Å². The van der Waals surface area contributed by atoms with E-state index in [0.717, 1.165) is 43.9 Å². The number of allylic oxidation sites excluding steroid dienone is 3. The molecule has 0 amide bonds. The zero-order valence-electron chi connectivity index (χ0n) is 19.9. The van der Waals surface area contributed by atoms with Crippen LogP contribution in [0.3, 0.4) is 0 Å². The lowest BCUT2D eigenvalue weighted by Crippen LogP contribution is -2.35. The Kier molecular flexibility index (Phi) is 5.51. The molecule has 1 fully saturated rings. The van der Waals surface area contributed by atoms with Gasteiger partial charge >= 0.3 is 5.97 Å². The van der Waals surface area contributed by atoms with Crippen molar-refractivity contribution in [2.24, 2.45) is 5.41 Å². The lowest BCUT2D eigenvalue weighted by atomic mass is 9.67. The highest BCUT2D eigenvalue weighted by molar-refractivity contribution is 6.02. The van der Waals surface area contributed by atoms with Gasteiger partial charge in [-0.2, -0.15) is 5.10 Å². The molecule has 1 aromatic carbocycles. The third-order valence-corrected chi connectivity index (χ3v) is 7.73. The lowest BCUT2D eigenvalue weighted by molar-refractivity contribution is -0.118. The summed E-state index contributed by atoms with van der Waals surface area (Å²) in [4.78, 5) is 29.8. The van der Waals surface area contributed by atoms with Gasteiger partial charge in [-0.3, -0.25) is 14.9 Å². The number of nitrogens with zero attached hydrogens (tertiary/aromatic N) is 2. The zero-order valence-corrected chi connectivity index (χ0v) is 19.9. The molecule has 0 bridgehead atoms. The summed E-state index contributed by atoms with van der Waals surface area (Å²) in [6, 6.07) is 6.69. The van der Waals surface area contributed by atoms with Gasteiger partial charge in [0.15, 0.2) is 11.6 Å². The Balaban J connectivity index is 1.36. The summed E-state index contributed by atoms with van der Waals surface area (Å²) in [7, 11) is 0. The number of nitrogens with one attached hydrogen (secondary N) is 2. The molecule has 1 atom stereocenters. The van der Waals surface area contributed by atoms with Gasteiger partial charge in [0.25, 0.3) is 0 Å². The van der Waals surface area contributed by atoms with Gasteiger partial charge < -0.3 is 10.4 Å². The van der Waals surface area contributed by atoms with E-state index < -0.39 is 23.5 Å². The van der Waals surface area contributed by atoms with Crippen molar-refractivity contribution >= 4 is 23.6 Å². The summed E-state index contributed by atoms with van der Waals surface area (Å²) in [6.07, 6.45) is 10.5. The minimum Gasteiger partial charge on any atom is -0.477 e. The van der Waals surface area contributed by atoms with Crippen LogP contribution in [0, 0.1) is 17.0 Å². The number of carbonyl (C=O) groups is 2. The molecule has 0 radical (unpaired) electrons. The molecule has 3 aromatic rings. The van der Waals surface area contributed by atoms with E-state index in [9.17, 15) is 23.5 Å². The number of carboxylic acids is 1. The first-order valence-electron chi connectivity index (χ1n) is 12.3. The maximum atomic E-state index is 13.6. The monoisotopic (exact) mass is 502 g/mol. The third-order valence-electron chi connectivity index (χ3n) is 7.73. The van der Waals surface area contributed by atoms with Crippen LogP contribution in [0.4, 0.5) is 14.6 Å². The molecule has 2 aromatic heterocycles. The van der Waals surface area contributed by atoms with Gasteiger partial charge in [0.2, 0.25) is 0 Å². The van der Waals surface area contributed by atoms with Crippen LogP contribution < -0.4 is 5.32 Å². The number of H-pyrrole nitrogens is 1. The van der Waals surface area contributed by atoms with E-state index in [1.807, 2.05) is 0 Å². The van der Waals surface area contributed by atoms with Gasteiger partial charge in [0.1, 0.15) is 17.3 Å². The Morgan fingerprint density at radius 2 is 1.84 bits per heavy atom. The normalized spacial score (nSPS) is 20.3. The Morgan fingerprint density at radius 1 is 1.08 bits per heavy atom. The van der Waals surface area contributed by atoms with Crippen molar-refractivity contribution < 1.29 is 23.5 Å². The van der Waals surface area contributed by atoms with Gasteiger partial charge in [0, 0.05) is 47.0 Å². The molecule has 1 aliphatic heterocycles. The van der Waals surface area contributed by atoms with Crippen molar-refractivity contribution in [1.82, 2.24) is 15.2 Å². The fraction of sp³-hybridized carbons (Fsp3) is 0.286. The number of hydrogen-bond acceptors (Lipinski definition) is 5. The van der Waals surface area contributed by atoms with Gasteiger partial charge in [-0.15, -0.1) is 0 Å². The molecule has 7 nitrogen and oxygen atoms in total. The first kappa shape index (κ1) is 23.3. The number of hydrogen-bond donors (Lipinski definition) is 3. The third kappa shape index (κ3) is 4.14. The Morgan fingerprint density at radius 3 is 2.51 bits per heavy atom. The Bertz CT molecular complexity index is 1460.